The lowest BCUT2D eigenvalue weighted by Gasteiger charge is -2.29. The maximum atomic E-state index is 9.64. The minimum absolute atomic E-state index is 0.109. The lowest BCUT2D eigenvalue weighted by molar-refractivity contribution is 0.189. The van der Waals surface area contributed by atoms with E-state index in [-0.39, 0.29) is 18.0 Å². The van der Waals surface area contributed by atoms with Gasteiger partial charge in [0.15, 0.2) is 0 Å². The molecule has 0 saturated carbocycles. The maximum Gasteiger partial charge on any atom is 0.148 e. The highest BCUT2D eigenvalue weighted by atomic mass is 16.3. The van der Waals surface area contributed by atoms with Crippen molar-refractivity contribution < 1.29 is 5.11 Å². The summed E-state index contributed by atoms with van der Waals surface area (Å²) in [5, 5.41) is 20.5. The van der Waals surface area contributed by atoms with E-state index in [0.717, 1.165) is 27.9 Å². The molecule has 0 amide bonds. The number of hydrogen-bond acceptors (Lipinski definition) is 6. The second kappa shape index (κ2) is 4.77. The molecular formula is C16H18N6O. The minimum atomic E-state index is -0.109. The zero-order chi connectivity index (χ0) is 16.1. The molecule has 118 valence electrons. The second-order valence-electron chi connectivity index (χ2n) is 6.00. The SMILES string of the molecule is CC(C)N1N=C(c2cc3cc(O)ccc3[nH]2)C2=C(N)N=CNC21. The van der Waals surface area contributed by atoms with Gasteiger partial charge in [0.2, 0.25) is 0 Å². The van der Waals surface area contributed by atoms with Gasteiger partial charge in [0, 0.05) is 16.9 Å². The van der Waals surface area contributed by atoms with Gasteiger partial charge in [0.25, 0.3) is 0 Å². The number of nitrogens with one attached hydrogen (secondary N) is 2. The van der Waals surface area contributed by atoms with E-state index in [4.69, 9.17) is 10.8 Å². The van der Waals surface area contributed by atoms with Crippen LogP contribution in [0, 0.1) is 0 Å². The Labute approximate surface area is 133 Å². The van der Waals surface area contributed by atoms with E-state index in [0.29, 0.717) is 5.82 Å². The van der Waals surface area contributed by atoms with Gasteiger partial charge in [-0.15, -0.1) is 0 Å². The average Bonchev–Trinajstić information content (AvgIpc) is 3.08. The van der Waals surface area contributed by atoms with Crippen LogP contribution in [0.4, 0.5) is 0 Å². The Hall–Kier alpha value is -2.96. The lowest BCUT2D eigenvalue weighted by atomic mass is 10.0. The molecule has 2 aliphatic heterocycles. The van der Waals surface area contributed by atoms with Gasteiger partial charge in [-0.3, -0.25) is 5.01 Å². The summed E-state index contributed by atoms with van der Waals surface area (Å²) in [5.41, 5.74) is 9.55. The van der Waals surface area contributed by atoms with E-state index >= 15 is 0 Å². The second-order valence-corrected chi connectivity index (χ2v) is 6.00. The lowest BCUT2D eigenvalue weighted by Crippen LogP contribution is -2.46. The molecule has 0 saturated heterocycles. The van der Waals surface area contributed by atoms with E-state index < -0.39 is 0 Å². The van der Waals surface area contributed by atoms with Gasteiger partial charge < -0.3 is 21.1 Å². The van der Waals surface area contributed by atoms with Crippen LogP contribution < -0.4 is 11.1 Å². The van der Waals surface area contributed by atoms with Crippen molar-refractivity contribution in [1.29, 1.82) is 0 Å². The summed E-state index contributed by atoms with van der Waals surface area (Å²) in [6.07, 6.45) is 1.50. The predicted molar refractivity (Wildman–Crippen MR) is 90.1 cm³/mol. The van der Waals surface area contributed by atoms with Crippen LogP contribution in [-0.2, 0) is 0 Å². The number of aromatic nitrogens is 1. The summed E-state index contributed by atoms with van der Waals surface area (Å²) in [5.74, 6) is 0.706. The number of aliphatic imine (C=N–C) groups is 1. The van der Waals surface area contributed by atoms with E-state index in [1.54, 1.807) is 18.5 Å². The first-order valence-corrected chi connectivity index (χ1v) is 7.52. The fourth-order valence-corrected chi connectivity index (χ4v) is 3.02. The van der Waals surface area contributed by atoms with Crippen LogP contribution in [0.1, 0.15) is 19.5 Å². The van der Waals surface area contributed by atoms with Gasteiger partial charge in [-0.1, -0.05) is 0 Å². The molecule has 5 N–H and O–H groups in total. The number of rotatable bonds is 2. The molecule has 0 bridgehead atoms. The van der Waals surface area contributed by atoms with Crippen LogP contribution in [-0.4, -0.2) is 39.4 Å². The molecule has 1 aromatic heterocycles. The van der Waals surface area contributed by atoms with Crippen LogP contribution in [0.15, 0.2) is 45.8 Å². The first kappa shape index (κ1) is 13.7. The Bertz CT molecular complexity index is 876. The highest BCUT2D eigenvalue weighted by Gasteiger charge is 2.37. The molecule has 0 spiro atoms. The smallest absolute Gasteiger partial charge is 0.148 e. The average molecular weight is 310 g/mol. The molecule has 0 aliphatic carbocycles. The summed E-state index contributed by atoms with van der Waals surface area (Å²) in [7, 11) is 0. The third-order valence-corrected chi connectivity index (χ3v) is 4.11. The summed E-state index contributed by atoms with van der Waals surface area (Å²) < 4.78 is 0. The molecule has 0 fully saturated rings. The van der Waals surface area contributed by atoms with Gasteiger partial charge in [-0.25, -0.2) is 4.99 Å². The molecule has 0 radical (unpaired) electrons. The number of H-pyrrole nitrogens is 1. The van der Waals surface area contributed by atoms with Crippen molar-refractivity contribution >= 4 is 23.0 Å². The fourth-order valence-electron chi connectivity index (χ4n) is 3.02. The Morgan fingerprint density at radius 2 is 2.13 bits per heavy atom. The monoisotopic (exact) mass is 310 g/mol. The largest absolute Gasteiger partial charge is 0.508 e. The van der Waals surface area contributed by atoms with Crippen LogP contribution >= 0.6 is 0 Å². The molecule has 1 atom stereocenters. The van der Waals surface area contributed by atoms with E-state index in [1.807, 2.05) is 17.1 Å². The van der Waals surface area contributed by atoms with Crippen molar-refractivity contribution in [3.8, 4) is 5.75 Å². The van der Waals surface area contributed by atoms with Gasteiger partial charge in [0.1, 0.15) is 23.4 Å². The molecule has 3 heterocycles. The summed E-state index contributed by atoms with van der Waals surface area (Å²) >= 11 is 0. The van der Waals surface area contributed by atoms with Crippen LogP contribution in [0.3, 0.4) is 0 Å². The molecule has 7 nitrogen and oxygen atoms in total. The van der Waals surface area contributed by atoms with Crippen molar-refractivity contribution in [2.24, 2.45) is 15.8 Å². The first-order chi connectivity index (χ1) is 11.0. The van der Waals surface area contributed by atoms with Crippen molar-refractivity contribution in [2.75, 3.05) is 0 Å². The quantitative estimate of drug-likeness (QED) is 0.674. The van der Waals surface area contributed by atoms with Gasteiger partial charge in [0.05, 0.1) is 17.6 Å². The highest BCUT2D eigenvalue weighted by Crippen LogP contribution is 2.30. The van der Waals surface area contributed by atoms with Gasteiger partial charge in [-0.2, -0.15) is 5.10 Å². The molecule has 23 heavy (non-hydrogen) atoms. The number of fused-ring (bicyclic) bond motifs is 2. The van der Waals surface area contributed by atoms with Crippen molar-refractivity contribution in [2.45, 2.75) is 26.1 Å². The van der Waals surface area contributed by atoms with Crippen molar-refractivity contribution in [3.63, 3.8) is 0 Å². The fraction of sp³-hybridized carbons (Fsp3) is 0.250. The topological polar surface area (TPSA) is 102 Å². The van der Waals surface area contributed by atoms with Crippen molar-refractivity contribution in [3.05, 3.63) is 41.4 Å². The number of phenols is 1. The standard InChI is InChI=1S/C16H18N6O/c1-8(2)22-16-13(15(17)18-7-19-16)14(21-22)12-6-9-5-10(23)3-4-11(9)20-12/h3-8,16,20,23H,17H2,1-2H3,(H,18,19). The Balaban J connectivity index is 1.87. The number of phenolic OH excluding ortho intramolecular Hbond substituents is 1. The molecule has 1 unspecified atom stereocenters. The number of aromatic amines is 1. The Morgan fingerprint density at radius 3 is 2.91 bits per heavy atom. The Morgan fingerprint density at radius 1 is 1.30 bits per heavy atom. The van der Waals surface area contributed by atoms with E-state index in [9.17, 15) is 5.11 Å². The zero-order valence-electron chi connectivity index (χ0n) is 12.9. The minimum Gasteiger partial charge on any atom is -0.508 e. The molecule has 1 aromatic carbocycles. The third kappa shape index (κ3) is 2.04. The van der Waals surface area contributed by atoms with Crippen molar-refractivity contribution in [1.82, 2.24) is 15.3 Å². The predicted octanol–water partition coefficient (Wildman–Crippen LogP) is 1.43. The van der Waals surface area contributed by atoms with Crippen LogP contribution in [0.2, 0.25) is 0 Å². The normalized spacial score (nSPS) is 20.2. The van der Waals surface area contributed by atoms with Crippen LogP contribution in [0.25, 0.3) is 10.9 Å². The number of nitrogens with two attached hydrogens (primary N) is 1. The molecular weight excluding hydrogens is 292 g/mol. The molecule has 4 rings (SSSR count). The molecule has 7 heteroatoms. The molecule has 2 aliphatic rings. The number of nitrogens with zero attached hydrogens (tertiary/aromatic N) is 3. The number of benzene rings is 1. The van der Waals surface area contributed by atoms with Crippen LogP contribution in [0.5, 0.6) is 5.75 Å². The highest BCUT2D eigenvalue weighted by molar-refractivity contribution is 6.16. The number of aromatic hydroxyl groups is 1. The van der Waals surface area contributed by atoms with E-state index in [2.05, 4.69) is 29.1 Å². The summed E-state index contributed by atoms with van der Waals surface area (Å²) in [4.78, 5) is 7.51. The maximum absolute atomic E-state index is 9.64. The number of hydrogen-bond donors (Lipinski definition) is 4. The van der Waals surface area contributed by atoms with Gasteiger partial charge in [-0.05, 0) is 38.1 Å². The first-order valence-electron chi connectivity index (χ1n) is 7.52. The zero-order valence-corrected chi connectivity index (χ0v) is 12.9. The molecule has 2 aromatic rings. The summed E-state index contributed by atoms with van der Waals surface area (Å²) in [6.45, 7) is 4.16. The van der Waals surface area contributed by atoms with E-state index in [1.165, 1.54) is 0 Å². The Kier molecular flexibility index (Phi) is 2.84. The van der Waals surface area contributed by atoms with Gasteiger partial charge >= 0.3 is 0 Å². The third-order valence-electron chi connectivity index (χ3n) is 4.11. The summed E-state index contributed by atoms with van der Waals surface area (Å²) in [6, 6.07) is 7.40. The number of hydrazone groups is 1.